The van der Waals surface area contributed by atoms with Gasteiger partial charge in [0.25, 0.3) is 0 Å². The Morgan fingerprint density at radius 3 is 2.83 bits per heavy atom. The van der Waals surface area contributed by atoms with E-state index in [9.17, 15) is 0 Å². The maximum atomic E-state index is 5.60. The summed E-state index contributed by atoms with van der Waals surface area (Å²) in [6.07, 6.45) is 2.83. The lowest BCUT2D eigenvalue weighted by atomic mass is 10.3. The Bertz CT molecular complexity index is 230. The van der Waals surface area contributed by atoms with Gasteiger partial charge in [0.05, 0.1) is 6.26 Å². The maximum absolute atomic E-state index is 5.60. The lowest BCUT2D eigenvalue weighted by molar-refractivity contribution is 0.526. The Morgan fingerprint density at radius 1 is 1.67 bits per heavy atom. The summed E-state index contributed by atoms with van der Waals surface area (Å²) in [7, 11) is 0. The second-order valence-electron chi connectivity index (χ2n) is 2.72. The average molecular weight is 185 g/mol. The fraction of sp³-hybridized carbons (Fsp3) is 0.556. The van der Waals surface area contributed by atoms with E-state index in [1.807, 2.05) is 13.0 Å². The van der Waals surface area contributed by atoms with Gasteiger partial charge in [0.2, 0.25) is 0 Å². The molecule has 2 nitrogen and oxygen atoms in total. The SMILES string of the molecule is CCC(CN)Sc1ccoc1C. The molecule has 0 saturated heterocycles. The molecule has 1 aromatic rings. The van der Waals surface area contributed by atoms with Crippen molar-refractivity contribution >= 4 is 11.8 Å². The third-order valence-corrected chi connectivity index (χ3v) is 3.36. The normalized spacial score (nSPS) is 13.2. The van der Waals surface area contributed by atoms with Crippen LogP contribution in [0.1, 0.15) is 19.1 Å². The summed E-state index contributed by atoms with van der Waals surface area (Å²) in [6.45, 7) is 4.86. The van der Waals surface area contributed by atoms with Gasteiger partial charge in [-0.15, -0.1) is 11.8 Å². The van der Waals surface area contributed by atoms with Crippen LogP contribution in [0.2, 0.25) is 0 Å². The van der Waals surface area contributed by atoms with E-state index in [0.717, 1.165) is 18.7 Å². The topological polar surface area (TPSA) is 39.2 Å². The summed E-state index contributed by atoms with van der Waals surface area (Å²) in [6, 6.07) is 2.00. The van der Waals surface area contributed by atoms with Crippen molar-refractivity contribution < 1.29 is 4.42 Å². The molecule has 0 amide bonds. The summed E-state index contributed by atoms with van der Waals surface area (Å²) >= 11 is 1.80. The standard InChI is InChI=1S/C9H15NOS/c1-3-8(6-10)12-9-4-5-11-7(9)2/h4-5,8H,3,6,10H2,1-2H3. The van der Waals surface area contributed by atoms with E-state index in [1.54, 1.807) is 18.0 Å². The quantitative estimate of drug-likeness (QED) is 0.732. The van der Waals surface area contributed by atoms with Gasteiger partial charge in [-0.1, -0.05) is 6.92 Å². The van der Waals surface area contributed by atoms with Crippen LogP contribution in [0.5, 0.6) is 0 Å². The number of hydrogen-bond donors (Lipinski definition) is 1. The van der Waals surface area contributed by atoms with Crippen LogP contribution in [0.15, 0.2) is 21.6 Å². The van der Waals surface area contributed by atoms with Crippen LogP contribution in [0.25, 0.3) is 0 Å². The molecule has 12 heavy (non-hydrogen) atoms. The first-order chi connectivity index (χ1) is 5.77. The zero-order valence-corrected chi connectivity index (χ0v) is 8.36. The second kappa shape index (κ2) is 4.58. The largest absolute Gasteiger partial charge is 0.468 e. The van der Waals surface area contributed by atoms with Gasteiger partial charge in [-0.2, -0.15) is 0 Å². The first-order valence-corrected chi connectivity index (χ1v) is 5.06. The van der Waals surface area contributed by atoms with Crippen molar-refractivity contribution in [2.75, 3.05) is 6.54 Å². The predicted octanol–water partition coefficient (Wildman–Crippen LogP) is 2.42. The monoisotopic (exact) mass is 185 g/mol. The van der Waals surface area contributed by atoms with Crippen LogP contribution < -0.4 is 5.73 Å². The van der Waals surface area contributed by atoms with E-state index in [2.05, 4.69) is 6.92 Å². The van der Waals surface area contributed by atoms with Crippen molar-refractivity contribution in [1.29, 1.82) is 0 Å². The minimum Gasteiger partial charge on any atom is -0.468 e. The van der Waals surface area contributed by atoms with E-state index < -0.39 is 0 Å². The summed E-state index contributed by atoms with van der Waals surface area (Å²) < 4.78 is 5.19. The van der Waals surface area contributed by atoms with Gasteiger partial charge in [0.1, 0.15) is 5.76 Å². The van der Waals surface area contributed by atoms with Crippen molar-refractivity contribution in [2.24, 2.45) is 5.73 Å². The van der Waals surface area contributed by atoms with Crippen LogP contribution in [0, 0.1) is 6.92 Å². The van der Waals surface area contributed by atoms with E-state index in [1.165, 1.54) is 4.90 Å². The number of aryl methyl sites for hydroxylation is 1. The molecule has 3 heteroatoms. The van der Waals surface area contributed by atoms with Crippen LogP contribution in [-0.4, -0.2) is 11.8 Å². The van der Waals surface area contributed by atoms with Gasteiger partial charge in [-0.05, 0) is 19.4 Å². The van der Waals surface area contributed by atoms with Gasteiger partial charge >= 0.3 is 0 Å². The van der Waals surface area contributed by atoms with Crippen molar-refractivity contribution in [3.8, 4) is 0 Å². The van der Waals surface area contributed by atoms with Gasteiger partial charge in [-0.25, -0.2) is 0 Å². The molecule has 1 rings (SSSR count). The van der Waals surface area contributed by atoms with Crippen LogP contribution in [-0.2, 0) is 0 Å². The van der Waals surface area contributed by atoms with Crippen LogP contribution in [0.4, 0.5) is 0 Å². The van der Waals surface area contributed by atoms with E-state index >= 15 is 0 Å². The molecule has 2 N–H and O–H groups in total. The Labute approximate surface area is 77.5 Å². The second-order valence-corrected chi connectivity index (χ2v) is 4.07. The molecule has 0 spiro atoms. The van der Waals surface area contributed by atoms with Gasteiger partial charge < -0.3 is 10.2 Å². The highest BCUT2D eigenvalue weighted by atomic mass is 32.2. The molecule has 0 saturated carbocycles. The number of rotatable bonds is 4. The smallest absolute Gasteiger partial charge is 0.114 e. The molecule has 0 aliphatic rings. The zero-order chi connectivity index (χ0) is 8.97. The molecule has 1 heterocycles. The highest BCUT2D eigenvalue weighted by Crippen LogP contribution is 2.28. The minimum atomic E-state index is 0.515. The summed E-state index contributed by atoms with van der Waals surface area (Å²) in [5, 5.41) is 0.515. The minimum absolute atomic E-state index is 0.515. The fourth-order valence-corrected chi connectivity index (χ4v) is 1.94. The van der Waals surface area contributed by atoms with Crippen LogP contribution in [0.3, 0.4) is 0 Å². The molecule has 68 valence electrons. The van der Waals surface area contributed by atoms with E-state index in [4.69, 9.17) is 10.2 Å². The van der Waals surface area contributed by atoms with Crippen molar-refractivity contribution in [3.63, 3.8) is 0 Å². The number of furan rings is 1. The first-order valence-electron chi connectivity index (χ1n) is 4.18. The lowest BCUT2D eigenvalue weighted by Gasteiger charge is -2.09. The molecule has 0 aliphatic heterocycles. The zero-order valence-electron chi connectivity index (χ0n) is 7.54. The molecule has 1 atom stereocenters. The van der Waals surface area contributed by atoms with Gasteiger partial charge in [0.15, 0.2) is 0 Å². The van der Waals surface area contributed by atoms with Crippen LogP contribution >= 0.6 is 11.8 Å². The molecule has 0 fully saturated rings. The summed E-state index contributed by atoms with van der Waals surface area (Å²) in [5.41, 5.74) is 5.60. The van der Waals surface area contributed by atoms with Crippen molar-refractivity contribution in [1.82, 2.24) is 0 Å². The number of thioether (sulfide) groups is 1. The summed E-state index contributed by atoms with van der Waals surface area (Å²) in [5.74, 6) is 0.993. The van der Waals surface area contributed by atoms with Crippen molar-refractivity contribution in [3.05, 3.63) is 18.1 Å². The van der Waals surface area contributed by atoms with Gasteiger partial charge in [0, 0.05) is 16.7 Å². The highest BCUT2D eigenvalue weighted by molar-refractivity contribution is 8.00. The number of nitrogens with two attached hydrogens (primary N) is 1. The molecule has 0 aliphatic carbocycles. The van der Waals surface area contributed by atoms with Gasteiger partial charge in [-0.3, -0.25) is 0 Å². The molecular weight excluding hydrogens is 170 g/mol. The van der Waals surface area contributed by atoms with E-state index in [-0.39, 0.29) is 0 Å². The molecule has 0 aromatic carbocycles. The Hall–Kier alpha value is -0.410. The molecule has 0 radical (unpaired) electrons. The third-order valence-electron chi connectivity index (χ3n) is 1.82. The Balaban J connectivity index is 2.56. The predicted molar refractivity (Wildman–Crippen MR) is 52.4 cm³/mol. The fourth-order valence-electron chi connectivity index (χ4n) is 0.973. The van der Waals surface area contributed by atoms with Crippen molar-refractivity contribution in [2.45, 2.75) is 30.4 Å². The number of hydrogen-bond acceptors (Lipinski definition) is 3. The summed E-state index contributed by atoms with van der Waals surface area (Å²) in [4.78, 5) is 1.22. The average Bonchev–Trinajstić information content (AvgIpc) is 2.47. The first kappa shape index (κ1) is 9.68. The Kier molecular flexibility index (Phi) is 3.69. The van der Waals surface area contributed by atoms with E-state index in [0.29, 0.717) is 5.25 Å². The third kappa shape index (κ3) is 2.29. The molecule has 0 bridgehead atoms. The molecular formula is C9H15NOS. The molecule has 1 aromatic heterocycles. The molecule has 1 unspecified atom stereocenters. The maximum Gasteiger partial charge on any atom is 0.114 e. The highest BCUT2D eigenvalue weighted by Gasteiger charge is 2.08. The Morgan fingerprint density at radius 2 is 2.42 bits per heavy atom. The lowest BCUT2D eigenvalue weighted by Crippen LogP contribution is -2.15.